The molecular formula is C15H15N3O. The van der Waals surface area contributed by atoms with Crippen LogP contribution in [0.3, 0.4) is 0 Å². The minimum Gasteiger partial charge on any atom is -0.384 e. The van der Waals surface area contributed by atoms with E-state index in [-0.39, 0.29) is 0 Å². The molecule has 1 unspecified atom stereocenters. The van der Waals surface area contributed by atoms with Gasteiger partial charge in [-0.2, -0.15) is 5.10 Å². The lowest BCUT2D eigenvalue weighted by molar-refractivity contribution is 0.221. The first kappa shape index (κ1) is 11.9. The van der Waals surface area contributed by atoms with E-state index in [1.165, 1.54) is 0 Å². The summed E-state index contributed by atoms with van der Waals surface area (Å²) in [6.07, 6.45) is 2.84. The number of fused-ring (bicyclic) bond motifs is 1. The molecule has 0 aliphatic rings. The summed E-state index contributed by atoms with van der Waals surface area (Å²) in [5.74, 6) is 0. The van der Waals surface area contributed by atoms with Gasteiger partial charge < -0.3 is 5.11 Å². The summed E-state index contributed by atoms with van der Waals surface area (Å²) in [6.45, 7) is 1.94. The van der Waals surface area contributed by atoms with Crippen LogP contribution in [0.15, 0.2) is 42.7 Å². The number of hydrogen-bond donors (Lipinski definition) is 1. The van der Waals surface area contributed by atoms with Gasteiger partial charge in [-0.3, -0.25) is 9.67 Å². The van der Waals surface area contributed by atoms with Crippen LogP contribution in [-0.2, 0) is 7.05 Å². The first-order chi connectivity index (χ1) is 9.15. The molecule has 1 atom stereocenters. The Kier molecular flexibility index (Phi) is 2.80. The third-order valence-electron chi connectivity index (χ3n) is 3.21. The standard InChI is InChI=1S/C15H15N3O/c1-10-7-13(12-5-3-4-6-14(12)17-10)15(19)11-8-16-18(2)9-11/h3-9,15,19H,1-2H3. The number of hydrogen-bond acceptors (Lipinski definition) is 3. The van der Waals surface area contributed by atoms with Gasteiger partial charge in [-0.25, -0.2) is 0 Å². The predicted molar refractivity (Wildman–Crippen MR) is 73.7 cm³/mol. The number of benzene rings is 1. The van der Waals surface area contributed by atoms with Crippen molar-refractivity contribution in [3.05, 3.63) is 59.5 Å². The zero-order valence-corrected chi connectivity index (χ0v) is 10.9. The highest BCUT2D eigenvalue weighted by atomic mass is 16.3. The molecule has 1 N–H and O–H groups in total. The van der Waals surface area contributed by atoms with E-state index in [1.807, 2.05) is 50.5 Å². The number of para-hydroxylation sites is 1. The van der Waals surface area contributed by atoms with E-state index < -0.39 is 6.10 Å². The van der Waals surface area contributed by atoms with Gasteiger partial charge in [0.25, 0.3) is 0 Å². The Morgan fingerprint density at radius 2 is 2.05 bits per heavy atom. The van der Waals surface area contributed by atoms with E-state index >= 15 is 0 Å². The molecule has 0 aliphatic heterocycles. The van der Waals surface area contributed by atoms with E-state index in [0.717, 1.165) is 27.7 Å². The van der Waals surface area contributed by atoms with E-state index in [0.29, 0.717) is 0 Å². The maximum atomic E-state index is 10.5. The van der Waals surface area contributed by atoms with Gasteiger partial charge in [-0.1, -0.05) is 18.2 Å². The van der Waals surface area contributed by atoms with Crippen molar-refractivity contribution in [1.29, 1.82) is 0 Å². The van der Waals surface area contributed by atoms with Crippen molar-refractivity contribution in [2.45, 2.75) is 13.0 Å². The minimum atomic E-state index is -0.680. The minimum absolute atomic E-state index is 0.680. The van der Waals surface area contributed by atoms with Crippen molar-refractivity contribution >= 4 is 10.9 Å². The van der Waals surface area contributed by atoms with Crippen LogP contribution in [0.5, 0.6) is 0 Å². The quantitative estimate of drug-likeness (QED) is 0.762. The molecule has 4 nitrogen and oxygen atoms in total. The summed E-state index contributed by atoms with van der Waals surface area (Å²) in [7, 11) is 1.84. The van der Waals surface area contributed by atoms with E-state index in [9.17, 15) is 5.11 Å². The van der Waals surface area contributed by atoms with Crippen molar-refractivity contribution in [3.63, 3.8) is 0 Å². The van der Waals surface area contributed by atoms with E-state index in [1.54, 1.807) is 10.9 Å². The van der Waals surface area contributed by atoms with E-state index in [4.69, 9.17) is 0 Å². The summed E-state index contributed by atoms with van der Waals surface area (Å²) in [5.41, 5.74) is 3.46. The molecule has 0 bridgehead atoms. The van der Waals surface area contributed by atoms with Gasteiger partial charge in [-0.15, -0.1) is 0 Å². The van der Waals surface area contributed by atoms with Gasteiger partial charge >= 0.3 is 0 Å². The summed E-state index contributed by atoms with van der Waals surface area (Å²) < 4.78 is 1.69. The summed E-state index contributed by atoms with van der Waals surface area (Å²) >= 11 is 0. The smallest absolute Gasteiger partial charge is 0.108 e. The topological polar surface area (TPSA) is 50.9 Å². The molecule has 3 rings (SSSR count). The largest absolute Gasteiger partial charge is 0.384 e. The predicted octanol–water partition coefficient (Wildman–Crippen LogP) is 2.36. The number of rotatable bonds is 2. The Labute approximate surface area is 111 Å². The van der Waals surface area contributed by atoms with Gasteiger partial charge in [0.2, 0.25) is 0 Å². The number of nitrogens with zero attached hydrogens (tertiary/aromatic N) is 3. The van der Waals surface area contributed by atoms with Crippen molar-refractivity contribution in [2.75, 3.05) is 0 Å². The van der Waals surface area contributed by atoms with Gasteiger partial charge in [-0.05, 0) is 24.6 Å². The SMILES string of the molecule is Cc1cc(C(O)c2cnn(C)c2)c2ccccc2n1. The maximum absolute atomic E-state index is 10.5. The van der Waals surface area contributed by atoms with Crippen LogP contribution in [0.4, 0.5) is 0 Å². The lowest BCUT2D eigenvalue weighted by atomic mass is 9.99. The van der Waals surface area contributed by atoms with Crippen molar-refractivity contribution in [3.8, 4) is 0 Å². The second-order valence-corrected chi connectivity index (χ2v) is 4.72. The lowest BCUT2D eigenvalue weighted by Crippen LogP contribution is -2.01. The summed E-state index contributed by atoms with van der Waals surface area (Å²) in [5, 5.41) is 15.6. The van der Waals surface area contributed by atoms with Gasteiger partial charge in [0.1, 0.15) is 6.10 Å². The zero-order valence-electron chi connectivity index (χ0n) is 10.9. The van der Waals surface area contributed by atoms with Crippen LogP contribution in [0.1, 0.15) is 22.9 Å². The van der Waals surface area contributed by atoms with Crippen molar-refractivity contribution < 1.29 is 5.11 Å². The molecule has 0 radical (unpaired) electrons. The molecule has 0 saturated heterocycles. The summed E-state index contributed by atoms with van der Waals surface area (Å²) in [6, 6.07) is 9.78. The fraction of sp³-hybridized carbons (Fsp3) is 0.200. The molecule has 2 heterocycles. The highest BCUT2D eigenvalue weighted by Crippen LogP contribution is 2.28. The Hall–Kier alpha value is -2.20. The second-order valence-electron chi connectivity index (χ2n) is 4.72. The van der Waals surface area contributed by atoms with Crippen LogP contribution < -0.4 is 0 Å². The molecule has 3 aromatic rings. The number of aryl methyl sites for hydroxylation is 2. The lowest BCUT2D eigenvalue weighted by Gasteiger charge is -2.13. The molecule has 0 saturated carbocycles. The third-order valence-corrected chi connectivity index (χ3v) is 3.21. The zero-order chi connectivity index (χ0) is 13.4. The fourth-order valence-electron chi connectivity index (χ4n) is 2.33. The highest BCUT2D eigenvalue weighted by molar-refractivity contribution is 5.83. The van der Waals surface area contributed by atoms with E-state index in [2.05, 4.69) is 10.1 Å². The molecule has 0 aliphatic carbocycles. The molecule has 96 valence electrons. The van der Waals surface area contributed by atoms with Crippen LogP contribution in [0.25, 0.3) is 10.9 Å². The Morgan fingerprint density at radius 1 is 1.26 bits per heavy atom. The van der Waals surface area contributed by atoms with Crippen LogP contribution in [-0.4, -0.2) is 19.9 Å². The van der Waals surface area contributed by atoms with Gasteiger partial charge in [0.15, 0.2) is 0 Å². The Balaban J connectivity index is 2.19. The third kappa shape index (κ3) is 2.11. The van der Waals surface area contributed by atoms with Gasteiger partial charge in [0, 0.05) is 29.9 Å². The molecule has 0 fully saturated rings. The van der Waals surface area contributed by atoms with Gasteiger partial charge in [0.05, 0.1) is 11.7 Å². The number of aliphatic hydroxyl groups is 1. The fourth-order valence-corrected chi connectivity index (χ4v) is 2.33. The number of aliphatic hydroxyl groups excluding tert-OH is 1. The molecule has 4 heteroatoms. The molecule has 0 amide bonds. The first-order valence-corrected chi connectivity index (χ1v) is 6.18. The average molecular weight is 253 g/mol. The van der Waals surface area contributed by atoms with Crippen LogP contribution >= 0.6 is 0 Å². The highest BCUT2D eigenvalue weighted by Gasteiger charge is 2.16. The normalized spacial score (nSPS) is 12.8. The summed E-state index contributed by atoms with van der Waals surface area (Å²) in [4.78, 5) is 4.49. The average Bonchev–Trinajstić information content (AvgIpc) is 2.83. The number of aromatic nitrogens is 3. The first-order valence-electron chi connectivity index (χ1n) is 6.18. The Bertz CT molecular complexity index is 733. The van der Waals surface area contributed by atoms with Crippen LogP contribution in [0.2, 0.25) is 0 Å². The van der Waals surface area contributed by atoms with Crippen molar-refractivity contribution in [2.24, 2.45) is 7.05 Å². The molecule has 2 aromatic heterocycles. The number of pyridine rings is 1. The Morgan fingerprint density at radius 3 is 2.79 bits per heavy atom. The molecule has 1 aromatic carbocycles. The van der Waals surface area contributed by atoms with Crippen LogP contribution in [0, 0.1) is 6.92 Å². The maximum Gasteiger partial charge on any atom is 0.108 e. The monoisotopic (exact) mass is 253 g/mol. The molecule has 0 spiro atoms. The van der Waals surface area contributed by atoms with Crippen molar-refractivity contribution in [1.82, 2.24) is 14.8 Å². The molecule has 19 heavy (non-hydrogen) atoms. The molecular weight excluding hydrogens is 238 g/mol. The second kappa shape index (κ2) is 4.48.